The van der Waals surface area contributed by atoms with E-state index in [0.717, 1.165) is 17.7 Å². The molecule has 3 aromatic rings. The van der Waals surface area contributed by atoms with Gasteiger partial charge in [0.05, 0.1) is 5.41 Å². The minimum atomic E-state index is -0.286. The molecule has 0 heterocycles. The number of benzene rings is 3. The van der Waals surface area contributed by atoms with Gasteiger partial charge in [-0.3, -0.25) is 0 Å². The Hall–Kier alpha value is -2.43. The first kappa shape index (κ1) is 24.9. The molecule has 0 radical (unpaired) electrons. The number of hydrogen-bond acceptors (Lipinski definition) is 0. The number of rotatable bonds is 7. The van der Waals surface area contributed by atoms with Crippen LogP contribution in [0.5, 0.6) is 0 Å². The van der Waals surface area contributed by atoms with Gasteiger partial charge in [-0.05, 0) is 71.0 Å². The third-order valence-corrected chi connectivity index (χ3v) is 12.8. The maximum absolute atomic E-state index is 2.71. The first-order valence-corrected chi connectivity index (χ1v) is 16.2. The van der Waals surface area contributed by atoms with Crippen LogP contribution in [0.4, 0.5) is 0 Å². The van der Waals surface area contributed by atoms with E-state index >= 15 is 0 Å². The van der Waals surface area contributed by atoms with Crippen molar-refractivity contribution in [2.45, 2.75) is 87.4 Å². The summed E-state index contributed by atoms with van der Waals surface area (Å²) < 4.78 is 0. The highest BCUT2D eigenvalue weighted by Crippen LogP contribution is 2.64. The highest BCUT2D eigenvalue weighted by molar-refractivity contribution is 7.63. The van der Waals surface area contributed by atoms with Crippen molar-refractivity contribution in [2.75, 3.05) is 0 Å². The molecule has 190 valence electrons. The Labute approximate surface area is 225 Å². The molecule has 0 atom stereocenters. The average molecular weight is 505 g/mol. The third-order valence-electron chi connectivity index (χ3n) is 9.17. The molecule has 0 aliphatic heterocycles. The van der Waals surface area contributed by atoms with Crippen molar-refractivity contribution >= 4 is 7.92 Å². The smallest absolute Gasteiger partial charge is 0.0698 e. The summed E-state index contributed by atoms with van der Waals surface area (Å²) in [6.45, 7) is 0. The zero-order valence-corrected chi connectivity index (χ0v) is 23.1. The lowest BCUT2D eigenvalue weighted by molar-refractivity contribution is 0.486. The molecule has 3 aromatic carbocycles. The predicted molar refractivity (Wildman–Crippen MR) is 161 cm³/mol. The van der Waals surface area contributed by atoms with Crippen LogP contribution < -0.4 is 0 Å². The fourth-order valence-corrected chi connectivity index (χ4v) is 11.5. The van der Waals surface area contributed by atoms with Crippen molar-refractivity contribution in [3.8, 4) is 0 Å². The van der Waals surface area contributed by atoms with E-state index in [0.29, 0.717) is 0 Å². The largest absolute Gasteiger partial charge is 0.0753 e. The van der Waals surface area contributed by atoms with Crippen LogP contribution in [0.2, 0.25) is 0 Å². The lowest BCUT2D eigenvalue weighted by Crippen LogP contribution is -2.31. The summed E-state index contributed by atoms with van der Waals surface area (Å²) in [4.78, 5) is 0. The molecule has 0 saturated heterocycles. The first-order valence-electron chi connectivity index (χ1n) is 14.7. The van der Waals surface area contributed by atoms with Crippen molar-refractivity contribution in [2.24, 2.45) is 0 Å². The van der Waals surface area contributed by atoms with Gasteiger partial charge in [-0.2, -0.15) is 0 Å². The molecule has 37 heavy (non-hydrogen) atoms. The van der Waals surface area contributed by atoms with Crippen LogP contribution in [0, 0.1) is 0 Å². The Morgan fingerprint density at radius 3 is 1.32 bits per heavy atom. The Balaban J connectivity index is 1.49. The molecule has 2 saturated carbocycles. The highest BCUT2D eigenvalue weighted by atomic mass is 31.1. The van der Waals surface area contributed by atoms with Gasteiger partial charge in [-0.15, -0.1) is 0 Å². The van der Waals surface area contributed by atoms with Crippen LogP contribution >= 0.6 is 7.92 Å². The fraction of sp³-hybridized carbons (Fsp3) is 0.389. The van der Waals surface area contributed by atoms with Crippen molar-refractivity contribution in [1.29, 1.82) is 0 Å². The van der Waals surface area contributed by atoms with E-state index in [9.17, 15) is 0 Å². The van der Waals surface area contributed by atoms with E-state index in [1.54, 1.807) is 5.31 Å². The quantitative estimate of drug-likeness (QED) is 0.222. The maximum Gasteiger partial charge on any atom is 0.0698 e. The van der Waals surface area contributed by atoms with Gasteiger partial charge >= 0.3 is 0 Å². The Kier molecular flexibility index (Phi) is 7.75. The monoisotopic (exact) mass is 504 g/mol. The topological polar surface area (TPSA) is 0 Å². The predicted octanol–water partition coefficient (Wildman–Crippen LogP) is 10.4. The molecule has 0 nitrogen and oxygen atoms in total. The fourth-order valence-electron chi connectivity index (χ4n) is 7.50. The Morgan fingerprint density at radius 2 is 0.919 bits per heavy atom. The Morgan fingerprint density at radius 1 is 0.514 bits per heavy atom. The van der Waals surface area contributed by atoms with E-state index in [4.69, 9.17) is 0 Å². The maximum atomic E-state index is 2.71. The number of allylic oxidation sites excluding steroid dienone is 4. The first-order chi connectivity index (χ1) is 18.4. The number of hydrogen-bond donors (Lipinski definition) is 0. The van der Waals surface area contributed by atoms with Crippen molar-refractivity contribution < 1.29 is 0 Å². The van der Waals surface area contributed by atoms with Crippen molar-refractivity contribution in [3.05, 3.63) is 131 Å². The van der Waals surface area contributed by atoms with E-state index in [1.165, 1.54) is 86.5 Å². The van der Waals surface area contributed by atoms with Crippen LogP contribution in [0.25, 0.3) is 0 Å². The molecular weight excluding hydrogens is 463 g/mol. The van der Waals surface area contributed by atoms with Crippen LogP contribution in [0.15, 0.2) is 114 Å². The normalized spacial score (nSPS) is 19.6. The van der Waals surface area contributed by atoms with Crippen LogP contribution in [0.1, 0.15) is 87.3 Å². The molecule has 0 bridgehead atoms. The van der Waals surface area contributed by atoms with Gasteiger partial charge in [0.1, 0.15) is 0 Å². The van der Waals surface area contributed by atoms with Gasteiger partial charge in [-0.1, -0.05) is 150 Å². The van der Waals surface area contributed by atoms with Crippen molar-refractivity contribution in [3.63, 3.8) is 0 Å². The van der Waals surface area contributed by atoms with E-state index in [-0.39, 0.29) is 13.3 Å². The van der Waals surface area contributed by atoms with Gasteiger partial charge in [0, 0.05) is 0 Å². The van der Waals surface area contributed by atoms with Gasteiger partial charge in [0.25, 0.3) is 0 Å². The van der Waals surface area contributed by atoms with Crippen molar-refractivity contribution in [1.82, 2.24) is 0 Å². The van der Waals surface area contributed by atoms with E-state index in [1.807, 2.05) is 0 Å². The second kappa shape index (κ2) is 11.5. The summed E-state index contributed by atoms with van der Waals surface area (Å²) >= 11 is 0. The van der Waals surface area contributed by atoms with Gasteiger partial charge in [0.15, 0.2) is 0 Å². The molecule has 0 amide bonds. The Bertz CT molecular complexity index is 1080. The third kappa shape index (κ3) is 4.91. The zero-order chi connectivity index (χ0) is 24.9. The average Bonchev–Trinajstić information content (AvgIpc) is 3.46. The highest BCUT2D eigenvalue weighted by Gasteiger charge is 2.42. The molecule has 0 aromatic heterocycles. The van der Waals surface area contributed by atoms with Gasteiger partial charge in [-0.25, -0.2) is 0 Å². The summed E-state index contributed by atoms with van der Waals surface area (Å²) in [5.41, 5.74) is 7.22. The van der Waals surface area contributed by atoms with Gasteiger partial charge in [0.2, 0.25) is 0 Å². The lowest BCUT2D eigenvalue weighted by Gasteiger charge is -2.40. The second-order valence-corrected chi connectivity index (χ2v) is 14.2. The zero-order valence-electron chi connectivity index (χ0n) is 22.2. The second-order valence-electron chi connectivity index (χ2n) is 11.3. The molecule has 0 N–H and O–H groups in total. The molecule has 0 spiro atoms. The molecule has 3 aliphatic rings. The van der Waals surface area contributed by atoms with Gasteiger partial charge < -0.3 is 0 Å². The minimum Gasteiger partial charge on any atom is -0.0753 e. The molecule has 3 aliphatic carbocycles. The molecule has 0 unspecified atom stereocenters. The lowest BCUT2D eigenvalue weighted by atomic mass is 9.65. The summed E-state index contributed by atoms with van der Waals surface area (Å²) in [7, 11) is -0.0696. The van der Waals surface area contributed by atoms with E-state index in [2.05, 4.69) is 103 Å². The molecular formula is C36H41P. The molecule has 1 heteroatoms. The minimum absolute atomic E-state index is 0.0696. The molecule has 2 fully saturated rings. The standard InChI is InChI=1S/C36H41P/c1-6-16-29(17-7-1)36(30-18-8-2-9-19-30,31-20-10-3-11-21-31)32-26-27-35(28-32)37(33-22-12-4-13-23-33)34-24-14-5-15-25-34/h1-3,6-11,16-21,26,28,33-34H,4-5,12-15,22-25,27H2. The van der Waals surface area contributed by atoms with Crippen LogP contribution in [0.3, 0.4) is 0 Å². The summed E-state index contributed by atoms with van der Waals surface area (Å²) in [6, 6.07) is 33.8. The van der Waals surface area contributed by atoms with Crippen LogP contribution in [-0.4, -0.2) is 11.3 Å². The van der Waals surface area contributed by atoms with E-state index < -0.39 is 0 Å². The summed E-state index contributed by atoms with van der Waals surface area (Å²) in [6.07, 6.45) is 21.1. The van der Waals surface area contributed by atoms with Crippen LogP contribution in [-0.2, 0) is 5.41 Å². The molecule has 6 rings (SSSR count). The SMILES string of the molecule is C1=C(P(C2CCCCC2)C2CCCCC2)CC=C1C(c1ccccc1)(c1ccccc1)c1ccccc1. The summed E-state index contributed by atoms with van der Waals surface area (Å²) in [5.74, 6) is 0. The summed E-state index contributed by atoms with van der Waals surface area (Å²) in [5, 5.41) is 1.80.